The Kier molecular flexibility index (Phi) is 4.50. The number of halogens is 2. The van der Waals surface area contributed by atoms with Crippen molar-refractivity contribution in [3.8, 4) is 0 Å². The van der Waals surface area contributed by atoms with Crippen molar-refractivity contribution >= 4 is 23.0 Å². The zero-order chi connectivity index (χ0) is 14.7. The fourth-order valence-corrected chi connectivity index (χ4v) is 2.20. The summed E-state index contributed by atoms with van der Waals surface area (Å²) in [6.07, 6.45) is 0. The van der Waals surface area contributed by atoms with Crippen LogP contribution in [0.5, 0.6) is 0 Å². The van der Waals surface area contributed by atoms with Crippen molar-refractivity contribution in [2.45, 2.75) is 13.0 Å². The second-order valence-corrected chi connectivity index (χ2v) is 5.36. The molecule has 2 nitrogen and oxygen atoms in total. The number of nitrogens with one attached hydrogen (secondary N) is 1. The third-order valence-electron chi connectivity index (χ3n) is 3.20. The molecule has 20 heavy (non-hydrogen) atoms. The van der Waals surface area contributed by atoms with Crippen LogP contribution in [0.4, 0.5) is 15.8 Å². The molecule has 2 rings (SSSR count). The Labute approximate surface area is 124 Å². The predicted molar refractivity (Wildman–Crippen MR) is 84.2 cm³/mol. The normalized spacial score (nSPS) is 12.1. The van der Waals surface area contributed by atoms with Gasteiger partial charge in [0.05, 0.1) is 16.4 Å². The smallest absolute Gasteiger partial charge is 0.142 e. The van der Waals surface area contributed by atoms with E-state index in [4.69, 9.17) is 11.6 Å². The molecule has 2 aromatic rings. The van der Waals surface area contributed by atoms with Crippen LogP contribution in [0.15, 0.2) is 42.5 Å². The van der Waals surface area contributed by atoms with Crippen LogP contribution in [0, 0.1) is 5.82 Å². The van der Waals surface area contributed by atoms with E-state index in [9.17, 15) is 4.39 Å². The largest absolute Gasteiger partial charge is 0.377 e. The Balaban J connectivity index is 2.23. The molecule has 0 aliphatic rings. The molecule has 0 saturated heterocycles. The van der Waals surface area contributed by atoms with Crippen LogP contribution >= 0.6 is 11.6 Å². The SMILES string of the molecule is CC(Nc1ccccc1N(C)C)c1ccc(Cl)c(F)c1. The summed E-state index contributed by atoms with van der Waals surface area (Å²) in [6.45, 7) is 2.00. The summed E-state index contributed by atoms with van der Waals surface area (Å²) < 4.78 is 13.5. The molecule has 0 aliphatic carbocycles. The van der Waals surface area contributed by atoms with E-state index >= 15 is 0 Å². The van der Waals surface area contributed by atoms with Gasteiger partial charge in [-0.05, 0) is 36.8 Å². The third-order valence-corrected chi connectivity index (χ3v) is 3.51. The summed E-state index contributed by atoms with van der Waals surface area (Å²) in [5.74, 6) is -0.390. The molecule has 0 radical (unpaired) electrons. The van der Waals surface area contributed by atoms with Crippen molar-refractivity contribution < 1.29 is 4.39 Å². The van der Waals surface area contributed by atoms with Gasteiger partial charge < -0.3 is 10.2 Å². The minimum absolute atomic E-state index is 0.0112. The van der Waals surface area contributed by atoms with Crippen molar-refractivity contribution in [2.75, 3.05) is 24.3 Å². The van der Waals surface area contributed by atoms with Gasteiger partial charge in [-0.25, -0.2) is 4.39 Å². The molecule has 0 spiro atoms. The number of benzene rings is 2. The molecule has 0 aliphatic heterocycles. The highest BCUT2D eigenvalue weighted by molar-refractivity contribution is 6.30. The van der Waals surface area contributed by atoms with Gasteiger partial charge in [0.2, 0.25) is 0 Å². The maximum absolute atomic E-state index is 13.5. The van der Waals surface area contributed by atoms with E-state index in [1.807, 2.05) is 56.3 Å². The van der Waals surface area contributed by atoms with E-state index in [1.54, 1.807) is 6.07 Å². The third kappa shape index (κ3) is 3.23. The standard InChI is InChI=1S/C16H18ClFN2/c1-11(12-8-9-13(17)14(18)10-12)19-15-6-4-5-7-16(15)20(2)3/h4-11,19H,1-3H3. The van der Waals surface area contributed by atoms with Gasteiger partial charge in [0, 0.05) is 20.1 Å². The van der Waals surface area contributed by atoms with Gasteiger partial charge in [0.15, 0.2) is 0 Å². The van der Waals surface area contributed by atoms with E-state index in [1.165, 1.54) is 6.07 Å². The van der Waals surface area contributed by atoms with E-state index in [0.717, 1.165) is 16.9 Å². The summed E-state index contributed by atoms with van der Waals surface area (Å²) in [4.78, 5) is 2.04. The Morgan fingerprint density at radius 2 is 1.85 bits per heavy atom. The summed E-state index contributed by atoms with van der Waals surface area (Å²) in [5.41, 5.74) is 2.97. The minimum atomic E-state index is -0.390. The fraction of sp³-hybridized carbons (Fsp3) is 0.250. The summed E-state index contributed by atoms with van der Waals surface area (Å²) in [5, 5.41) is 3.55. The number of anilines is 2. The maximum Gasteiger partial charge on any atom is 0.142 e. The van der Waals surface area contributed by atoms with Gasteiger partial charge in [0.1, 0.15) is 5.82 Å². The van der Waals surface area contributed by atoms with Gasteiger partial charge in [0.25, 0.3) is 0 Å². The van der Waals surface area contributed by atoms with Crippen LogP contribution in [0.25, 0.3) is 0 Å². The molecule has 0 bridgehead atoms. The number of rotatable bonds is 4. The Hall–Kier alpha value is -1.74. The van der Waals surface area contributed by atoms with E-state index in [2.05, 4.69) is 5.32 Å². The lowest BCUT2D eigenvalue weighted by atomic mass is 10.1. The van der Waals surface area contributed by atoms with Crippen LogP contribution in [-0.4, -0.2) is 14.1 Å². The summed E-state index contributed by atoms with van der Waals surface area (Å²) >= 11 is 5.71. The van der Waals surface area contributed by atoms with E-state index in [0.29, 0.717) is 0 Å². The molecule has 2 aromatic carbocycles. The molecule has 0 heterocycles. The lowest BCUT2D eigenvalue weighted by Crippen LogP contribution is -2.14. The Bertz CT molecular complexity index is 599. The van der Waals surface area contributed by atoms with E-state index in [-0.39, 0.29) is 11.1 Å². The quantitative estimate of drug-likeness (QED) is 0.877. The minimum Gasteiger partial charge on any atom is -0.377 e. The van der Waals surface area contributed by atoms with Crippen molar-refractivity contribution in [3.05, 3.63) is 58.9 Å². The van der Waals surface area contributed by atoms with Gasteiger partial charge in [-0.2, -0.15) is 0 Å². The van der Waals surface area contributed by atoms with Crippen LogP contribution < -0.4 is 10.2 Å². The number of para-hydroxylation sites is 2. The van der Waals surface area contributed by atoms with Crippen LogP contribution in [-0.2, 0) is 0 Å². The van der Waals surface area contributed by atoms with Gasteiger partial charge in [-0.3, -0.25) is 0 Å². The zero-order valence-corrected chi connectivity index (χ0v) is 12.6. The number of nitrogens with zero attached hydrogens (tertiary/aromatic N) is 1. The summed E-state index contributed by atoms with van der Waals surface area (Å²) in [7, 11) is 3.99. The first-order valence-corrected chi connectivity index (χ1v) is 6.84. The molecule has 1 unspecified atom stereocenters. The van der Waals surface area contributed by atoms with Crippen molar-refractivity contribution in [3.63, 3.8) is 0 Å². The lowest BCUT2D eigenvalue weighted by Gasteiger charge is -2.22. The molecule has 0 fully saturated rings. The maximum atomic E-state index is 13.5. The van der Waals surface area contributed by atoms with Gasteiger partial charge >= 0.3 is 0 Å². The van der Waals surface area contributed by atoms with Crippen LogP contribution in [0.3, 0.4) is 0 Å². The first kappa shape index (κ1) is 14.7. The zero-order valence-electron chi connectivity index (χ0n) is 11.8. The average Bonchev–Trinajstić information content (AvgIpc) is 2.42. The van der Waals surface area contributed by atoms with Crippen molar-refractivity contribution in [1.82, 2.24) is 0 Å². The molecule has 0 saturated carbocycles. The predicted octanol–water partition coefficient (Wildman–Crippen LogP) is 4.72. The van der Waals surface area contributed by atoms with Crippen LogP contribution in [0.2, 0.25) is 5.02 Å². The molecule has 106 valence electrons. The Morgan fingerprint density at radius 1 is 1.15 bits per heavy atom. The van der Waals surface area contributed by atoms with Gasteiger partial charge in [-0.1, -0.05) is 29.8 Å². The topological polar surface area (TPSA) is 15.3 Å². The number of hydrogen-bond acceptors (Lipinski definition) is 2. The van der Waals surface area contributed by atoms with Gasteiger partial charge in [-0.15, -0.1) is 0 Å². The average molecular weight is 293 g/mol. The first-order valence-electron chi connectivity index (χ1n) is 6.47. The summed E-state index contributed by atoms with van der Waals surface area (Å²) in [6, 6.07) is 12.9. The highest BCUT2D eigenvalue weighted by Crippen LogP contribution is 2.28. The molecule has 1 N–H and O–H groups in total. The lowest BCUT2D eigenvalue weighted by molar-refractivity contribution is 0.624. The van der Waals surface area contributed by atoms with Crippen molar-refractivity contribution in [2.24, 2.45) is 0 Å². The molecule has 0 aromatic heterocycles. The number of hydrogen-bond donors (Lipinski definition) is 1. The first-order chi connectivity index (χ1) is 9.49. The highest BCUT2D eigenvalue weighted by Gasteiger charge is 2.11. The molecular formula is C16H18ClFN2. The monoisotopic (exact) mass is 292 g/mol. The molecule has 1 atom stereocenters. The molecule has 4 heteroatoms. The second kappa shape index (κ2) is 6.14. The highest BCUT2D eigenvalue weighted by atomic mass is 35.5. The van der Waals surface area contributed by atoms with E-state index < -0.39 is 5.82 Å². The van der Waals surface area contributed by atoms with Crippen molar-refractivity contribution in [1.29, 1.82) is 0 Å². The molecule has 0 amide bonds. The molecular weight excluding hydrogens is 275 g/mol. The van der Waals surface area contributed by atoms with Crippen LogP contribution in [0.1, 0.15) is 18.5 Å². The second-order valence-electron chi connectivity index (χ2n) is 4.95. The Morgan fingerprint density at radius 3 is 2.50 bits per heavy atom. The fourth-order valence-electron chi connectivity index (χ4n) is 2.08.